The maximum absolute atomic E-state index is 12.5. The Labute approximate surface area is 151 Å². The van der Waals surface area contributed by atoms with Crippen LogP contribution in [0.15, 0.2) is 57.7 Å². The second-order valence-corrected chi connectivity index (χ2v) is 6.38. The SMILES string of the molecule is COc1ccccc1C(=O)NCc1cc(=O)oc2ccc(C(C)C)cc12. The maximum atomic E-state index is 12.5. The van der Waals surface area contributed by atoms with Crippen molar-refractivity contribution < 1.29 is 13.9 Å². The molecule has 3 aromatic rings. The zero-order valence-electron chi connectivity index (χ0n) is 15.0. The number of nitrogens with one attached hydrogen (secondary N) is 1. The summed E-state index contributed by atoms with van der Waals surface area (Å²) >= 11 is 0. The zero-order valence-corrected chi connectivity index (χ0v) is 15.0. The number of hydrogen-bond acceptors (Lipinski definition) is 4. The van der Waals surface area contributed by atoms with Gasteiger partial charge in [-0.25, -0.2) is 4.79 Å². The van der Waals surface area contributed by atoms with Crippen molar-refractivity contribution in [3.05, 3.63) is 75.6 Å². The van der Waals surface area contributed by atoms with Gasteiger partial charge in [0, 0.05) is 18.0 Å². The van der Waals surface area contributed by atoms with Crippen molar-refractivity contribution >= 4 is 16.9 Å². The molecular formula is C21H21NO4. The van der Waals surface area contributed by atoms with Crippen LogP contribution < -0.4 is 15.7 Å². The van der Waals surface area contributed by atoms with E-state index in [4.69, 9.17) is 9.15 Å². The second-order valence-electron chi connectivity index (χ2n) is 6.38. The van der Waals surface area contributed by atoms with Crippen LogP contribution in [0.1, 0.15) is 41.3 Å². The van der Waals surface area contributed by atoms with E-state index in [1.54, 1.807) is 30.3 Å². The first-order valence-electron chi connectivity index (χ1n) is 8.47. The highest BCUT2D eigenvalue weighted by Crippen LogP contribution is 2.23. The third-order valence-corrected chi connectivity index (χ3v) is 4.31. The fourth-order valence-electron chi connectivity index (χ4n) is 2.85. The van der Waals surface area contributed by atoms with Gasteiger partial charge >= 0.3 is 5.63 Å². The van der Waals surface area contributed by atoms with Gasteiger partial charge in [0.05, 0.1) is 12.7 Å². The van der Waals surface area contributed by atoms with Gasteiger partial charge in [-0.2, -0.15) is 0 Å². The summed E-state index contributed by atoms with van der Waals surface area (Å²) in [7, 11) is 1.52. The normalized spacial score (nSPS) is 10.9. The number of benzene rings is 2. The van der Waals surface area contributed by atoms with Crippen LogP contribution in [-0.4, -0.2) is 13.0 Å². The van der Waals surface area contributed by atoms with Gasteiger partial charge in [0.2, 0.25) is 0 Å². The lowest BCUT2D eigenvalue weighted by atomic mass is 9.99. The van der Waals surface area contributed by atoms with E-state index in [0.717, 1.165) is 16.5 Å². The smallest absolute Gasteiger partial charge is 0.336 e. The number of rotatable bonds is 5. The summed E-state index contributed by atoms with van der Waals surface area (Å²) in [6.07, 6.45) is 0. The van der Waals surface area contributed by atoms with Crippen molar-refractivity contribution in [3.8, 4) is 5.75 Å². The lowest BCUT2D eigenvalue weighted by molar-refractivity contribution is 0.0948. The molecule has 1 amide bonds. The Bertz CT molecular complexity index is 1000. The average Bonchev–Trinajstić information content (AvgIpc) is 2.65. The molecule has 0 bridgehead atoms. The summed E-state index contributed by atoms with van der Waals surface area (Å²) in [6.45, 7) is 4.42. The molecule has 0 fully saturated rings. The highest BCUT2D eigenvalue weighted by molar-refractivity contribution is 5.97. The fraction of sp³-hybridized carbons (Fsp3) is 0.238. The van der Waals surface area contributed by atoms with E-state index in [1.165, 1.54) is 13.2 Å². The fourth-order valence-corrected chi connectivity index (χ4v) is 2.85. The van der Waals surface area contributed by atoms with Gasteiger partial charge in [0.15, 0.2) is 0 Å². The number of carbonyl (C=O) groups excluding carboxylic acids is 1. The van der Waals surface area contributed by atoms with Crippen LogP contribution >= 0.6 is 0 Å². The monoisotopic (exact) mass is 351 g/mol. The molecule has 0 aliphatic rings. The first kappa shape index (κ1) is 17.7. The van der Waals surface area contributed by atoms with Gasteiger partial charge in [-0.3, -0.25) is 4.79 Å². The van der Waals surface area contributed by atoms with Gasteiger partial charge in [0.1, 0.15) is 11.3 Å². The van der Waals surface area contributed by atoms with Crippen molar-refractivity contribution in [2.75, 3.05) is 7.11 Å². The Hall–Kier alpha value is -3.08. The molecule has 1 N–H and O–H groups in total. The first-order valence-corrected chi connectivity index (χ1v) is 8.47. The number of ether oxygens (including phenoxy) is 1. The van der Waals surface area contributed by atoms with Gasteiger partial charge in [-0.15, -0.1) is 0 Å². The predicted molar refractivity (Wildman–Crippen MR) is 101 cm³/mol. The van der Waals surface area contributed by atoms with Gasteiger partial charge in [-0.05, 0) is 41.3 Å². The molecule has 0 radical (unpaired) electrons. The number of hydrogen-bond donors (Lipinski definition) is 1. The quantitative estimate of drug-likeness (QED) is 0.709. The molecule has 0 saturated heterocycles. The van der Waals surface area contributed by atoms with Gasteiger partial charge < -0.3 is 14.5 Å². The van der Waals surface area contributed by atoms with E-state index in [-0.39, 0.29) is 12.5 Å². The predicted octanol–water partition coefficient (Wildman–Crippen LogP) is 3.86. The Morgan fingerprint density at radius 1 is 1.15 bits per heavy atom. The number of carbonyl (C=O) groups is 1. The summed E-state index contributed by atoms with van der Waals surface area (Å²) in [5.74, 6) is 0.593. The van der Waals surface area contributed by atoms with Crippen LogP contribution in [0, 0.1) is 0 Å². The van der Waals surface area contributed by atoms with Crippen LogP contribution in [0.5, 0.6) is 5.75 Å². The van der Waals surface area contributed by atoms with Crippen LogP contribution in [-0.2, 0) is 6.54 Å². The molecule has 0 unspecified atom stereocenters. The van der Waals surface area contributed by atoms with Crippen molar-refractivity contribution in [1.82, 2.24) is 5.32 Å². The molecule has 0 atom stereocenters. The molecule has 5 nitrogen and oxygen atoms in total. The Morgan fingerprint density at radius 3 is 2.65 bits per heavy atom. The van der Waals surface area contributed by atoms with E-state index < -0.39 is 5.63 Å². The Morgan fingerprint density at radius 2 is 1.92 bits per heavy atom. The number of methoxy groups -OCH3 is 1. The number of fused-ring (bicyclic) bond motifs is 1. The number of para-hydroxylation sites is 1. The topological polar surface area (TPSA) is 68.5 Å². The maximum Gasteiger partial charge on any atom is 0.336 e. The molecule has 2 aromatic carbocycles. The van der Waals surface area contributed by atoms with E-state index in [0.29, 0.717) is 22.8 Å². The Kier molecular flexibility index (Phi) is 5.07. The van der Waals surface area contributed by atoms with Crippen molar-refractivity contribution in [2.45, 2.75) is 26.3 Å². The van der Waals surface area contributed by atoms with E-state index in [1.807, 2.05) is 12.1 Å². The molecule has 3 rings (SSSR count). The summed E-state index contributed by atoms with van der Waals surface area (Å²) in [4.78, 5) is 24.3. The summed E-state index contributed by atoms with van der Waals surface area (Å²) < 4.78 is 10.5. The lowest BCUT2D eigenvalue weighted by Crippen LogP contribution is -2.24. The van der Waals surface area contributed by atoms with Gasteiger partial charge in [-0.1, -0.05) is 32.0 Å². The summed E-state index contributed by atoms with van der Waals surface area (Å²) in [6, 6.07) is 14.2. The second kappa shape index (κ2) is 7.44. The van der Waals surface area contributed by atoms with Crippen LogP contribution in [0.2, 0.25) is 0 Å². The molecule has 5 heteroatoms. The summed E-state index contributed by atoms with van der Waals surface area (Å²) in [5.41, 5.74) is 2.40. The third-order valence-electron chi connectivity index (χ3n) is 4.31. The first-order chi connectivity index (χ1) is 12.5. The van der Waals surface area contributed by atoms with Gasteiger partial charge in [0.25, 0.3) is 5.91 Å². The third kappa shape index (κ3) is 3.61. The molecule has 1 aromatic heterocycles. The highest BCUT2D eigenvalue weighted by atomic mass is 16.5. The van der Waals surface area contributed by atoms with Crippen molar-refractivity contribution in [3.63, 3.8) is 0 Å². The standard InChI is InChI=1S/C21H21NO4/c1-13(2)14-8-9-19-17(10-14)15(11-20(23)26-19)12-22-21(24)16-6-4-5-7-18(16)25-3/h4-11,13H,12H2,1-3H3,(H,22,24). The van der Waals surface area contributed by atoms with E-state index in [2.05, 4.69) is 19.2 Å². The van der Waals surface area contributed by atoms with E-state index >= 15 is 0 Å². The van der Waals surface area contributed by atoms with Crippen LogP contribution in [0.3, 0.4) is 0 Å². The molecule has 26 heavy (non-hydrogen) atoms. The molecule has 0 aliphatic carbocycles. The van der Waals surface area contributed by atoms with Crippen molar-refractivity contribution in [1.29, 1.82) is 0 Å². The minimum atomic E-state index is -0.434. The highest BCUT2D eigenvalue weighted by Gasteiger charge is 2.13. The number of amides is 1. The molecular weight excluding hydrogens is 330 g/mol. The summed E-state index contributed by atoms with van der Waals surface area (Å²) in [5, 5.41) is 3.69. The average molecular weight is 351 g/mol. The molecule has 0 spiro atoms. The lowest BCUT2D eigenvalue weighted by Gasteiger charge is -2.12. The molecule has 0 aliphatic heterocycles. The van der Waals surface area contributed by atoms with Crippen LogP contribution in [0.4, 0.5) is 0 Å². The zero-order chi connectivity index (χ0) is 18.7. The van der Waals surface area contributed by atoms with Crippen LogP contribution in [0.25, 0.3) is 11.0 Å². The molecule has 134 valence electrons. The molecule has 1 heterocycles. The minimum absolute atomic E-state index is 0.223. The largest absolute Gasteiger partial charge is 0.496 e. The molecule has 0 saturated carbocycles. The Balaban J connectivity index is 1.92. The minimum Gasteiger partial charge on any atom is -0.496 e. The van der Waals surface area contributed by atoms with Crippen molar-refractivity contribution in [2.24, 2.45) is 0 Å². The van der Waals surface area contributed by atoms with E-state index in [9.17, 15) is 9.59 Å².